The minimum absolute atomic E-state index is 0.109. The van der Waals surface area contributed by atoms with Crippen molar-refractivity contribution in [3.8, 4) is 16.3 Å². The van der Waals surface area contributed by atoms with Gasteiger partial charge in [-0.15, -0.1) is 11.3 Å². The van der Waals surface area contributed by atoms with Gasteiger partial charge >= 0.3 is 0 Å². The highest BCUT2D eigenvalue weighted by atomic mass is 32.1. The Balaban J connectivity index is 1.53. The van der Waals surface area contributed by atoms with Crippen molar-refractivity contribution >= 4 is 34.0 Å². The number of hydrogen-bond donors (Lipinski definition) is 1. The van der Waals surface area contributed by atoms with Gasteiger partial charge in [-0.3, -0.25) is 4.79 Å². The number of nitrogens with one attached hydrogen (secondary N) is 1. The summed E-state index contributed by atoms with van der Waals surface area (Å²) < 4.78 is 7.30. The zero-order valence-electron chi connectivity index (χ0n) is 15.7. The van der Waals surface area contributed by atoms with Crippen molar-refractivity contribution in [1.82, 2.24) is 14.5 Å². The Morgan fingerprint density at radius 1 is 1.29 bits per heavy atom. The number of carbonyl (C=O) groups excluding carboxylic acids is 1. The van der Waals surface area contributed by atoms with Crippen LogP contribution in [0.3, 0.4) is 0 Å². The van der Waals surface area contributed by atoms with Crippen molar-refractivity contribution in [2.45, 2.75) is 19.9 Å². The largest absolute Gasteiger partial charge is 0.497 e. The molecule has 142 valence electrons. The summed E-state index contributed by atoms with van der Waals surface area (Å²) in [4.78, 5) is 21.6. The summed E-state index contributed by atoms with van der Waals surface area (Å²) in [5, 5.41) is 6.80. The molecular formula is C21H20N4O2S. The average molecular weight is 392 g/mol. The number of rotatable bonds is 6. The van der Waals surface area contributed by atoms with E-state index in [-0.39, 0.29) is 12.3 Å². The number of benzene rings is 1. The van der Waals surface area contributed by atoms with Crippen LogP contribution in [-0.4, -0.2) is 27.6 Å². The Morgan fingerprint density at radius 2 is 2.18 bits per heavy atom. The van der Waals surface area contributed by atoms with Crippen molar-refractivity contribution in [2.24, 2.45) is 0 Å². The van der Waals surface area contributed by atoms with Crippen LogP contribution in [0, 0.1) is 0 Å². The molecule has 6 nitrogen and oxygen atoms in total. The molecule has 4 aromatic rings. The van der Waals surface area contributed by atoms with Crippen LogP contribution in [0.25, 0.3) is 21.6 Å². The van der Waals surface area contributed by atoms with E-state index < -0.39 is 0 Å². The van der Waals surface area contributed by atoms with Gasteiger partial charge in [0, 0.05) is 47.0 Å². The number of anilines is 1. The summed E-state index contributed by atoms with van der Waals surface area (Å²) in [6, 6.07) is 11.3. The van der Waals surface area contributed by atoms with Crippen molar-refractivity contribution in [1.29, 1.82) is 0 Å². The Morgan fingerprint density at radius 3 is 3.00 bits per heavy atom. The smallest absolute Gasteiger partial charge is 0.230 e. The molecule has 0 unspecified atom stereocenters. The molecular weight excluding hydrogens is 372 g/mol. The Labute approximate surface area is 166 Å². The predicted octanol–water partition coefficient (Wildman–Crippen LogP) is 4.37. The molecule has 3 aromatic heterocycles. The van der Waals surface area contributed by atoms with Crippen LogP contribution in [0.2, 0.25) is 0 Å². The SMILES string of the molecule is CCn1cc(-c2nc(CC(=O)Nc3cccc(OC)c3)cs2)c2cccnc21. The molecule has 0 radical (unpaired) electrons. The molecule has 0 saturated heterocycles. The van der Waals surface area contributed by atoms with Gasteiger partial charge in [-0.1, -0.05) is 6.07 Å². The second kappa shape index (κ2) is 7.82. The molecule has 0 aliphatic rings. The topological polar surface area (TPSA) is 69.0 Å². The molecule has 1 aromatic carbocycles. The molecule has 1 amide bonds. The second-order valence-corrected chi connectivity index (χ2v) is 7.16. The lowest BCUT2D eigenvalue weighted by molar-refractivity contribution is -0.115. The van der Waals surface area contributed by atoms with E-state index in [2.05, 4.69) is 39.0 Å². The first-order valence-corrected chi connectivity index (χ1v) is 9.88. The number of thiazole rings is 1. The van der Waals surface area contributed by atoms with Crippen LogP contribution in [0.4, 0.5) is 5.69 Å². The van der Waals surface area contributed by atoms with Crippen LogP contribution >= 0.6 is 11.3 Å². The van der Waals surface area contributed by atoms with Crippen molar-refractivity contribution in [2.75, 3.05) is 12.4 Å². The van der Waals surface area contributed by atoms with E-state index in [0.717, 1.165) is 33.8 Å². The Hall–Kier alpha value is -3.19. The molecule has 28 heavy (non-hydrogen) atoms. The van der Waals surface area contributed by atoms with Crippen molar-refractivity contribution in [3.63, 3.8) is 0 Å². The molecule has 0 bridgehead atoms. The van der Waals surface area contributed by atoms with Crippen LogP contribution in [0.5, 0.6) is 5.75 Å². The molecule has 0 saturated carbocycles. The lowest BCUT2D eigenvalue weighted by Crippen LogP contribution is -2.14. The maximum Gasteiger partial charge on any atom is 0.230 e. The minimum atomic E-state index is -0.109. The van der Waals surface area contributed by atoms with E-state index in [4.69, 9.17) is 4.74 Å². The van der Waals surface area contributed by atoms with Gasteiger partial charge in [-0.2, -0.15) is 0 Å². The fourth-order valence-electron chi connectivity index (χ4n) is 3.12. The summed E-state index contributed by atoms with van der Waals surface area (Å²) >= 11 is 1.54. The van der Waals surface area contributed by atoms with E-state index in [9.17, 15) is 4.79 Å². The lowest BCUT2D eigenvalue weighted by atomic mass is 10.2. The van der Waals surface area contributed by atoms with Gasteiger partial charge in [0.25, 0.3) is 0 Å². The van der Waals surface area contributed by atoms with E-state index in [0.29, 0.717) is 11.4 Å². The first kappa shape index (κ1) is 18.2. The molecule has 4 rings (SSSR count). The van der Waals surface area contributed by atoms with E-state index in [1.807, 2.05) is 29.6 Å². The summed E-state index contributed by atoms with van der Waals surface area (Å²) in [6.07, 6.45) is 4.10. The quantitative estimate of drug-likeness (QED) is 0.529. The molecule has 0 spiro atoms. The van der Waals surface area contributed by atoms with Crippen LogP contribution in [-0.2, 0) is 17.8 Å². The Bertz CT molecular complexity index is 1130. The van der Waals surface area contributed by atoms with Gasteiger partial charge < -0.3 is 14.6 Å². The first-order valence-electron chi connectivity index (χ1n) is 9.00. The first-order chi connectivity index (χ1) is 13.7. The maximum atomic E-state index is 12.4. The van der Waals surface area contributed by atoms with E-state index >= 15 is 0 Å². The number of amides is 1. The van der Waals surface area contributed by atoms with Gasteiger partial charge in [-0.25, -0.2) is 9.97 Å². The number of aryl methyl sites for hydroxylation is 1. The summed E-state index contributed by atoms with van der Waals surface area (Å²) in [6.45, 7) is 2.93. The third-order valence-electron chi connectivity index (χ3n) is 4.45. The van der Waals surface area contributed by atoms with Crippen LogP contribution in [0.15, 0.2) is 54.2 Å². The van der Waals surface area contributed by atoms with E-state index in [1.165, 1.54) is 0 Å². The number of ether oxygens (including phenoxy) is 1. The normalized spacial score (nSPS) is 10.9. The third-order valence-corrected chi connectivity index (χ3v) is 5.38. The number of aromatic nitrogens is 3. The fraction of sp³-hybridized carbons (Fsp3) is 0.190. The number of hydrogen-bond acceptors (Lipinski definition) is 5. The average Bonchev–Trinajstić information content (AvgIpc) is 3.32. The molecule has 3 heterocycles. The molecule has 0 atom stereocenters. The van der Waals surface area contributed by atoms with Gasteiger partial charge in [0.2, 0.25) is 5.91 Å². The van der Waals surface area contributed by atoms with Crippen LogP contribution < -0.4 is 10.1 Å². The molecule has 7 heteroatoms. The maximum absolute atomic E-state index is 12.4. The van der Waals surface area contributed by atoms with Gasteiger partial charge in [0.05, 0.1) is 19.2 Å². The van der Waals surface area contributed by atoms with Crippen molar-refractivity contribution < 1.29 is 9.53 Å². The highest BCUT2D eigenvalue weighted by Crippen LogP contribution is 2.32. The van der Waals surface area contributed by atoms with Gasteiger partial charge in [-0.05, 0) is 31.2 Å². The zero-order chi connectivity index (χ0) is 19.5. The molecule has 0 aliphatic heterocycles. The number of fused-ring (bicyclic) bond motifs is 1. The van der Waals surface area contributed by atoms with Crippen molar-refractivity contribution in [3.05, 3.63) is 59.9 Å². The molecule has 0 aliphatic carbocycles. The highest BCUT2D eigenvalue weighted by molar-refractivity contribution is 7.13. The number of pyridine rings is 1. The predicted molar refractivity (Wildman–Crippen MR) is 112 cm³/mol. The second-order valence-electron chi connectivity index (χ2n) is 6.30. The fourth-order valence-corrected chi connectivity index (χ4v) is 3.96. The third kappa shape index (κ3) is 3.61. The lowest BCUT2D eigenvalue weighted by Gasteiger charge is -2.06. The summed E-state index contributed by atoms with van der Waals surface area (Å²) in [5.74, 6) is 0.595. The van der Waals surface area contributed by atoms with E-state index in [1.54, 1.807) is 30.7 Å². The monoisotopic (exact) mass is 392 g/mol. The summed E-state index contributed by atoms with van der Waals surface area (Å²) in [7, 11) is 1.60. The minimum Gasteiger partial charge on any atom is -0.497 e. The standard InChI is InChI=1S/C21H20N4O2S/c1-3-25-12-18(17-8-5-9-22-20(17)25)21-24-15(13-28-21)11-19(26)23-14-6-4-7-16(10-14)27-2/h4-10,12-13H,3,11H2,1-2H3,(H,23,26). The number of nitrogens with zero attached hydrogens (tertiary/aromatic N) is 3. The van der Waals surface area contributed by atoms with Gasteiger partial charge in [0.15, 0.2) is 0 Å². The molecule has 0 fully saturated rings. The zero-order valence-corrected chi connectivity index (χ0v) is 16.5. The number of carbonyl (C=O) groups is 1. The van der Waals surface area contributed by atoms with Crippen LogP contribution in [0.1, 0.15) is 12.6 Å². The Kier molecular flexibility index (Phi) is 5.08. The number of methoxy groups -OCH3 is 1. The highest BCUT2D eigenvalue weighted by Gasteiger charge is 2.15. The molecule has 1 N–H and O–H groups in total. The summed E-state index contributed by atoms with van der Waals surface area (Å²) in [5.41, 5.74) is 3.46. The van der Waals surface area contributed by atoms with Gasteiger partial charge in [0.1, 0.15) is 16.4 Å².